The van der Waals surface area contributed by atoms with Crippen molar-refractivity contribution in [1.29, 1.82) is 0 Å². The summed E-state index contributed by atoms with van der Waals surface area (Å²) in [6.07, 6.45) is 0. The maximum Gasteiger partial charge on any atom is 0.341 e. The molecular formula is C32H23NO7S. The number of carbonyl (C=O) groups excluding carboxylic acids is 2. The van der Waals surface area contributed by atoms with Gasteiger partial charge in [-0.3, -0.25) is 4.79 Å². The monoisotopic (exact) mass is 565 g/mol. The Balaban J connectivity index is 1.65. The Bertz CT molecular complexity index is 1990. The molecule has 0 saturated carbocycles. The fraction of sp³-hybridized carbons (Fsp3) is 0.0625. The minimum absolute atomic E-state index is 0.0671. The van der Waals surface area contributed by atoms with E-state index in [2.05, 4.69) is 0 Å². The maximum atomic E-state index is 14.2. The molecule has 6 aromatic rings. The largest absolute Gasteiger partial charge is 0.488 e. The molecule has 0 amide bonds. The molecule has 0 aliphatic carbocycles. The highest BCUT2D eigenvalue weighted by atomic mass is 32.2. The van der Waals surface area contributed by atoms with E-state index in [0.717, 1.165) is 9.54 Å². The van der Waals surface area contributed by atoms with Crippen LogP contribution in [0.2, 0.25) is 0 Å². The van der Waals surface area contributed by atoms with Crippen LogP contribution in [0.25, 0.3) is 21.9 Å². The van der Waals surface area contributed by atoms with Gasteiger partial charge in [0.1, 0.15) is 29.2 Å². The maximum absolute atomic E-state index is 14.2. The Morgan fingerprint density at radius 1 is 0.829 bits per heavy atom. The van der Waals surface area contributed by atoms with Crippen molar-refractivity contribution >= 4 is 43.6 Å². The first kappa shape index (κ1) is 26.1. The molecule has 0 atom stereocenters. The predicted octanol–water partition coefficient (Wildman–Crippen LogP) is 6.22. The highest BCUT2D eigenvalue weighted by molar-refractivity contribution is 7.90. The molecule has 2 heterocycles. The number of nitrogens with zero attached hydrogens (tertiary/aromatic N) is 1. The van der Waals surface area contributed by atoms with E-state index in [1.165, 1.54) is 31.4 Å². The number of hydrogen-bond acceptors (Lipinski definition) is 7. The lowest BCUT2D eigenvalue weighted by Crippen LogP contribution is -2.21. The number of carbonyl (C=O) groups is 2. The summed E-state index contributed by atoms with van der Waals surface area (Å²) < 4.78 is 46.3. The van der Waals surface area contributed by atoms with Crippen LogP contribution in [-0.2, 0) is 21.4 Å². The van der Waals surface area contributed by atoms with E-state index >= 15 is 0 Å². The van der Waals surface area contributed by atoms with Gasteiger partial charge in [0.25, 0.3) is 10.0 Å². The third-order valence-electron chi connectivity index (χ3n) is 6.69. The normalized spacial score (nSPS) is 11.5. The average Bonchev–Trinajstić information content (AvgIpc) is 3.61. The zero-order valence-corrected chi connectivity index (χ0v) is 22.6. The van der Waals surface area contributed by atoms with Crippen molar-refractivity contribution in [3.63, 3.8) is 0 Å². The fourth-order valence-corrected chi connectivity index (χ4v) is 6.34. The molecule has 0 fully saturated rings. The molecule has 0 radical (unpaired) electrons. The number of furan rings is 1. The number of fused-ring (bicyclic) bond motifs is 2. The first-order valence-corrected chi connectivity index (χ1v) is 14.1. The van der Waals surface area contributed by atoms with Gasteiger partial charge in [-0.15, -0.1) is 0 Å². The third kappa shape index (κ3) is 4.56. The Morgan fingerprint density at radius 3 is 2.22 bits per heavy atom. The van der Waals surface area contributed by atoms with E-state index in [9.17, 15) is 18.0 Å². The summed E-state index contributed by atoms with van der Waals surface area (Å²) in [5.74, 6) is -1.61. The van der Waals surface area contributed by atoms with Gasteiger partial charge in [0.05, 0.1) is 22.9 Å². The second-order valence-corrected chi connectivity index (χ2v) is 11.0. The van der Waals surface area contributed by atoms with Gasteiger partial charge in [0, 0.05) is 5.39 Å². The number of methoxy groups -OCH3 is 1. The summed E-state index contributed by atoms with van der Waals surface area (Å²) in [5.41, 5.74) is 0.732. The van der Waals surface area contributed by atoms with E-state index in [1.54, 1.807) is 54.6 Å². The summed E-state index contributed by atoms with van der Waals surface area (Å²) in [5, 5.41) is 0.783. The lowest BCUT2D eigenvalue weighted by molar-refractivity contribution is 0.0599. The van der Waals surface area contributed by atoms with E-state index in [-0.39, 0.29) is 39.5 Å². The van der Waals surface area contributed by atoms with Crippen LogP contribution < -0.4 is 4.74 Å². The molecule has 8 nitrogen and oxygen atoms in total. The molecule has 0 bridgehead atoms. The van der Waals surface area contributed by atoms with Gasteiger partial charge in [-0.05, 0) is 42.0 Å². The standard InChI is InChI=1S/C32H23NO7S/c1-38-32(35)29-28-24(16-10-18-26(28)39-20-21-11-4-2-5-12-21)33(41(36,37)23-14-6-3-7-15-23)30(29)31(34)27-19-22-13-8-9-17-25(22)40-27/h2-19H,20H2,1H3. The number of hydrogen-bond donors (Lipinski definition) is 0. The van der Waals surface area contributed by atoms with Gasteiger partial charge < -0.3 is 13.9 Å². The number of esters is 1. The van der Waals surface area contributed by atoms with Crippen LogP contribution >= 0.6 is 0 Å². The summed E-state index contributed by atoms with van der Waals surface area (Å²) in [7, 11) is -3.23. The Morgan fingerprint density at radius 2 is 1.51 bits per heavy atom. The SMILES string of the molecule is COC(=O)c1c(C(=O)c2cc3ccccc3o2)n(S(=O)(=O)c2ccccc2)c2cccc(OCc3ccccc3)c12. The van der Waals surface area contributed by atoms with Crippen LogP contribution in [0.15, 0.2) is 119 Å². The highest BCUT2D eigenvalue weighted by Gasteiger charge is 2.37. The van der Waals surface area contributed by atoms with Crippen molar-refractivity contribution in [2.45, 2.75) is 11.5 Å². The first-order valence-electron chi connectivity index (χ1n) is 12.7. The van der Waals surface area contributed by atoms with Gasteiger partial charge in [0.2, 0.25) is 5.78 Å². The minimum atomic E-state index is -4.39. The Kier molecular flexibility index (Phi) is 6.64. The number of ether oxygens (including phenoxy) is 2. The summed E-state index contributed by atoms with van der Waals surface area (Å²) in [6, 6.07) is 30.3. The Hall–Kier alpha value is -5.15. The van der Waals surface area contributed by atoms with E-state index < -0.39 is 27.5 Å². The van der Waals surface area contributed by atoms with E-state index in [1.807, 2.05) is 30.3 Å². The number of aromatic nitrogens is 1. The first-order chi connectivity index (χ1) is 19.9. The zero-order chi connectivity index (χ0) is 28.6. The van der Waals surface area contributed by atoms with Crippen molar-refractivity contribution in [3.8, 4) is 5.75 Å². The number of ketones is 1. The van der Waals surface area contributed by atoms with Crippen molar-refractivity contribution in [3.05, 3.63) is 132 Å². The molecule has 0 saturated heterocycles. The molecule has 0 unspecified atom stereocenters. The molecule has 0 N–H and O–H groups in total. The van der Waals surface area contributed by atoms with Gasteiger partial charge in [-0.25, -0.2) is 17.2 Å². The minimum Gasteiger partial charge on any atom is -0.488 e. The Labute approximate surface area is 235 Å². The van der Waals surface area contributed by atoms with Crippen LogP contribution in [0, 0.1) is 0 Å². The lowest BCUT2D eigenvalue weighted by Gasteiger charge is -2.12. The second-order valence-electron chi connectivity index (χ2n) is 9.20. The molecule has 41 heavy (non-hydrogen) atoms. The summed E-state index contributed by atoms with van der Waals surface area (Å²) >= 11 is 0. The fourth-order valence-electron chi connectivity index (χ4n) is 4.80. The molecule has 204 valence electrons. The molecular weight excluding hydrogens is 542 g/mol. The van der Waals surface area contributed by atoms with E-state index in [4.69, 9.17) is 13.9 Å². The van der Waals surface area contributed by atoms with Gasteiger partial charge in [0.15, 0.2) is 5.76 Å². The predicted molar refractivity (Wildman–Crippen MR) is 153 cm³/mol. The molecule has 2 aromatic heterocycles. The second kappa shape index (κ2) is 10.4. The van der Waals surface area contributed by atoms with Gasteiger partial charge in [-0.1, -0.05) is 72.8 Å². The summed E-state index contributed by atoms with van der Waals surface area (Å²) in [4.78, 5) is 27.5. The van der Waals surface area contributed by atoms with Crippen LogP contribution in [0.1, 0.15) is 32.2 Å². The van der Waals surface area contributed by atoms with Crippen molar-refractivity contribution in [2.24, 2.45) is 0 Å². The van der Waals surface area contributed by atoms with Crippen LogP contribution in [0.4, 0.5) is 0 Å². The molecule has 0 spiro atoms. The molecule has 6 rings (SSSR count). The van der Waals surface area contributed by atoms with Crippen LogP contribution in [0.3, 0.4) is 0 Å². The molecule has 0 aliphatic rings. The zero-order valence-electron chi connectivity index (χ0n) is 21.8. The van der Waals surface area contributed by atoms with E-state index in [0.29, 0.717) is 11.0 Å². The van der Waals surface area contributed by atoms with Gasteiger partial charge >= 0.3 is 5.97 Å². The van der Waals surface area contributed by atoms with Crippen LogP contribution in [0.5, 0.6) is 5.75 Å². The smallest absolute Gasteiger partial charge is 0.341 e. The number of benzene rings is 4. The topological polar surface area (TPSA) is 105 Å². The van der Waals surface area contributed by atoms with Crippen molar-refractivity contribution < 1.29 is 31.9 Å². The third-order valence-corrected chi connectivity index (χ3v) is 8.41. The van der Waals surface area contributed by atoms with Crippen LogP contribution in [-0.4, -0.2) is 31.3 Å². The number of para-hydroxylation sites is 1. The molecule has 4 aromatic carbocycles. The quantitative estimate of drug-likeness (QED) is 0.159. The molecule has 0 aliphatic heterocycles. The average molecular weight is 566 g/mol. The molecule has 9 heteroatoms. The summed E-state index contributed by atoms with van der Waals surface area (Å²) in [6.45, 7) is 0.143. The lowest BCUT2D eigenvalue weighted by atomic mass is 10.1. The highest BCUT2D eigenvalue weighted by Crippen LogP contribution is 2.38. The number of rotatable bonds is 8. The van der Waals surface area contributed by atoms with Gasteiger partial charge in [-0.2, -0.15) is 0 Å². The van der Waals surface area contributed by atoms with Crippen molar-refractivity contribution in [2.75, 3.05) is 7.11 Å². The van der Waals surface area contributed by atoms with Crippen molar-refractivity contribution in [1.82, 2.24) is 3.97 Å².